The van der Waals surface area contributed by atoms with Crippen LogP contribution >= 0.6 is 0 Å². The van der Waals surface area contributed by atoms with E-state index in [1.807, 2.05) is 0 Å². The van der Waals surface area contributed by atoms with Crippen molar-refractivity contribution in [2.45, 2.75) is 35.9 Å². The maximum Gasteiger partial charge on any atom is 0.471 e. The maximum atomic E-state index is 13.8. The standard InChI is InChI=1S/C18H10F12O2/c19-13(20,15(23,24)17(27,28)31-11-7-3-1-4-8-11)14(21,22)16(25,26)18(29,30)32-12-9-5-2-6-10-12/h1-10H. The van der Waals surface area contributed by atoms with Crippen molar-refractivity contribution in [3.05, 3.63) is 60.7 Å². The lowest BCUT2D eigenvalue weighted by Crippen LogP contribution is -2.72. The Kier molecular flexibility index (Phi) is 6.33. The Labute approximate surface area is 171 Å². The molecule has 32 heavy (non-hydrogen) atoms. The molecule has 0 radical (unpaired) electrons. The third-order valence-corrected chi connectivity index (χ3v) is 3.89. The summed E-state index contributed by atoms with van der Waals surface area (Å²) in [7, 11) is 0. The molecule has 2 aromatic rings. The Hall–Kier alpha value is -2.80. The van der Waals surface area contributed by atoms with E-state index in [9.17, 15) is 52.7 Å². The number of benzene rings is 2. The number of hydrogen-bond acceptors (Lipinski definition) is 2. The number of ether oxygens (including phenoxy) is 2. The van der Waals surface area contributed by atoms with E-state index in [0.717, 1.165) is 36.4 Å². The fraction of sp³-hybridized carbons (Fsp3) is 0.333. The minimum Gasteiger partial charge on any atom is -0.428 e. The summed E-state index contributed by atoms with van der Waals surface area (Å²) in [5, 5.41) is 0. The van der Waals surface area contributed by atoms with E-state index < -0.39 is 47.4 Å². The molecule has 0 bridgehead atoms. The molecule has 0 amide bonds. The molecule has 0 fully saturated rings. The van der Waals surface area contributed by atoms with Crippen molar-refractivity contribution in [3.8, 4) is 11.5 Å². The summed E-state index contributed by atoms with van der Waals surface area (Å²) in [5.41, 5.74) is 0. The second kappa shape index (κ2) is 7.96. The average molecular weight is 486 g/mol. The molecule has 178 valence electrons. The van der Waals surface area contributed by atoms with Gasteiger partial charge < -0.3 is 9.47 Å². The Morgan fingerprint density at radius 1 is 0.375 bits per heavy atom. The van der Waals surface area contributed by atoms with Gasteiger partial charge in [0.1, 0.15) is 11.5 Å². The molecule has 0 aliphatic rings. The predicted octanol–water partition coefficient (Wildman–Crippen LogP) is 6.87. The van der Waals surface area contributed by atoms with Gasteiger partial charge in [-0.2, -0.15) is 52.7 Å². The molecule has 0 aromatic heterocycles. The van der Waals surface area contributed by atoms with Crippen molar-refractivity contribution in [2.24, 2.45) is 0 Å². The Morgan fingerprint density at radius 3 is 0.875 bits per heavy atom. The zero-order valence-electron chi connectivity index (χ0n) is 15.1. The first kappa shape index (κ1) is 25.5. The topological polar surface area (TPSA) is 18.5 Å². The number of hydrogen-bond donors (Lipinski definition) is 0. The highest BCUT2D eigenvalue weighted by Gasteiger charge is 2.92. The van der Waals surface area contributed by atoms with Gasteiger partial charge in [0.25, 0.3) is 0 Å². The zero-order valence-corrected chi connectivity index (χ0v) is 15.1. The summed E-state index contributed by atoms with van der Waals surface area (Å²) in [4.78, 5) is 0. The number of para-hydroxylation sites is 2. The first-order valence-corrected chi connectivity index (χ1v) is 8.16. The van der Waals surface area contributed by atoms with Crippen LogP contribution in [-0.4, -0.2) is 35.9 Å². The van der Waals surface area contributed by atoms with Crippen molar-refractivity contribution >= 4 is 0 Å². The fourth-order valence-electron chi connectivity index (χ4n) is 2.16. The smallest absolute Gasteiger partial charge is 0.428 e. The van der Waals surface area contributed by atoms with Crippen LogP contribution in [0.2, 0.25) is 0 Å². The first-order chi connectivity index (χ1) is 14.4. The minimum absolute atomic E-state index is 0.525. The van der Waals surface area contributed by atoms with Crippen LogP contribution in [0.3, 0.4) is 0 Å². The van der Waals surface area contributed by atoms with Gasteiger partial charge in [0.2, 0.25) is 0 Å². The lowest BCUT2D eigenvalue weighted by molar-refractivity contribution is -0.461. The first-order valence-electron chi connectivity index (χ1n) is 8.16. The predicted molar refractivity (Wildman–Crippen MR) is 83.8 cm³/mol. The van der Waals surface area contributed by atoms with Gasteiger partial charge in [-0.25, -0.2) is 0 Å². The summed E-state index contributed by atoms with van der Waals surface area (Å²) < 4.78 is 172. The van der Waals surface area contributed by atoms with E-state index in [4.69, 9.17) is 0 Å². The van der Waals surface area contributed by atoms with Gasteiger partial charge in [-0.1, -0.05) is 36.4 Å². The lowest BCUT2D eigenvalue weighted by Gasteiger charge is -2.40. The molecule has 0 aliphatic heterocycles. The Morgan fingerprint density at radius 2 is 0.625 bits per heavy atom. The van der Waals surface area contributed by atoms with Crippen LogP contribution < -0.4 is 9.47 Å². The van der Waals surface area contributed by atoms with E-state index in [1.165, 1.54) is 0 Å². The molecule has 0 saturated carbocycles. The third kappa shape index (κ3) is 4.01. The quantitative estimate of drug-likeness (QED) is 0.360. The van der Waals surface area contributed by atoms with Crippen molar-refractivity contribution < 1.29 is 62.2 Å². The van der Waals surface area contributed by atoms with Crippen LogP contribution in [0.25, 0.3) is 0 Å². The van der Waals surface area contributed by atoms with Gasteiger partial charge in [-0.05, 0) is 24.3 Å². The van der Waals surface area contributed by atoms with Crippen LogP contribution in [0.1, 0.15) is 0 Å². The number of rotatable bonds is 9. The van der Waals surface area contributed by atoms with Crippen molar-refractivity contribution in [1.29, 1.82) is 0 Å². The van der Waals surface area contributed by atoms with E-state index in [2.05, 4.69) is 9.47 Å². The normalized spacial score (nSPS) is 14.2. The van der Waals surface area contributed by atoms with Crippen molar-refractivity contribution in [1.82, 2.24) is 0 Å². The molecule has 0 heterocycles. The van der Waals surface area contributed by atoms with E-state index in [-0.39, 0.29) is 0 Å². The van der Waals surface area contributed by atoms with Crippen LogP contribution in [0.4, 0.5) is 52.7 Å². The molecule has 2 rings (SSSR count). The van der Waals surface area contributed by atoms with E-state index >= 15 is 0 Å². The molecule has 0 aliphatic carbocycles. The van der Waals surface area contributed by atoms with Crippen LogP contribution in [0.5, 0.6) is 11.5 Å². The molecule has 0 N–H and O–H groups in total. The van der Waals surface area contributed by atoms with Gasteiger partial charge in [0.05, 0.1) is 0 Å². The molecule has 0 atom stereocenters. The highest BCUT2D eigenvalue weighted by Crippen LogP contribution is 2.60. The van der Waals surface area contributed by atoms with Gasteiger partial charge in [-0.3, -0.25) is 0 Å². The Balaban J connectivity index is 2.44. The van der Waals surface area contributed by atoms with Gasteiger partial charge in [0.15, 0.2) is 0 Å². The lowest BCUT2D eigenvalue weighted by atomic mass is 9.97. The van der Waals surface area contributed by atoms with E-state index in [0.29, 0.717) is 24.3 Å². The van der Waals surface area contributed by atoms with E-state index in [1.54, 1.807) is 0 Å². The van der Waals surface area contributed by atoms with Gasteiger partial charge in [0, 0.05) is 0 Å². The minimum atomic E-state index is -7.76. The van der Waals surface area contributed by atoms with Crippen LogP contribution in [0, 0.1) is 0 Å². The molecule has 0 spiro atoms. The average Bonchev–Trinajstić information content (AvgIpc) is 2.68. The van der Waals surface area contributed by atoms with Crippen LogP contribution in [-0.2, 0) is 0 Å². The molecule has 2 nitrogen and oxygen atoms in total. The van der Waals surface area contributed by atoms with Crippen molar-refractivity contribution in [3.63, 3.8) is 0 Å². The summed E-state index contributed by atoms with van der Waals surface area (Å²) in [6.45, 7) is 0. The number of halogens is 12. The second-order valence-electron chi connectivity index (χ2n) is 6.16. The number of alkyl halides is 12. The summed E-state index contributed by atoms with van der Waals surface area (Å²) in [5.74, 6) is -32.8. The summed E-state index contributed by atoms with van der Waals surface area (Å²) in [6, 6.07) is 7.96. The third-order valence-electron chi connectivity index (χ3n) is 3.89. The maximum absolute atomic E-state index is 13.8. The monoisotopic (exact) mass is 486 g/mol. The molecular formula is C18H10F12O2. The van der Waals surface area contributed by atoms with Gasteiger partial charge >= 0.3 is 35.9 Å². The highest BCUT2D eigenvalue weighted by molar-refractivity contribution is 5.23. The van der Waals surface area contributed by atoms with Crippen LogP contribution in [0.15, 0.2) is 60.7 Å². The SMILES string of the molecule is FC(F)(Oc1ccccc1)C(F)(F)C(F)(F)C(F)(F)C(F)(F)C(F)(F)Oc1ccccc1. The summed E-state index contributed by atoms with van der Waals surface area (Å²) in [6.07, 6.45) is -13.1. The zero-order chi connectivity index (χ0) is 24.6. The van der Waals surface area contributed by atoms with Crippen molar-refractivity contribution in [2.75, 3.05) is 0 Å². The molecule has 14 heteroatoms. The second-order valence-corrected chi connectivity index (χ2v) is 6.16. The summed E-state index contributed by atoms with van der Waals surface area (Å²) >= 11 is 0. The molecule has 0 saturated heterocycles. The molecular weight excluding hydrogens is 476 g/mol. The highest BCUT2D eigenvalue weighted by atomic mass is 19.4. The molecule has 2 aromatic carbocycles. The molecule has 0 unspecified atom stereocenters. The Bertz CT molecular complexity index is 825. The van der Waals surface area contributed by atoms with Gasteiger partial charge in [-0.15, -0.1) is 0 Å². The largest absolute Gasteiger partial charge is 0.471 e. The fourth-order valence-corrected chi connectivity index (χ4v) is 2.16.